The molecule has 0 aromatic heterocycles. The summed E-state index contributed by atoms with van der Waals surface area (Å²) in [5, 5.41) is 0.693. The number of rotatable bonds is 4. The first-order valence-corrected chi connectivity index (χ1v) is 9.75. The van der Waals surface area contributed by atoms with E-state index in [9.17, 15) is 9.59 Å². The van der Waals surface area contributed by atoms with Crippen LogP contribution in [0.5, 0.6) is 0 Å². The van der Waals surface area contributed by atoms with E-state index < -0.39 is 0 Å². The third-order valence-electron chi connectivity index (χ3n) is 5.47. The van der Waals surface area contributed by atoms with Gasteiger partial charge in [0.05, 0.1) is 0 Å². The van der Waals surface area contributed by atoms with Crippen LogP contribution in [0.4, 0.5) is 0 Å². The molecule has 2 heterocycles. The van der Waals surface area contributed by atoms with E-state index >= 15 is 0 Å². The molecule has 0 spiro atoms. The van der Waals surface area contributed by atoms with Gasteiger partial charge in [-0.2, -0.15) is 0 Å². The minimum atomic E-state index is -0.250. The molecule has 1 atom stereocenters. The Labute approximate surface area is 155 Å². The first-order valence-electron chi connectivity index (χ1n) is 9.37. The maximum Gasteiger partial charge on any atom is 0.245 e. The van der Waals surface area contributed by atoms with Gasteiger partial charge in [0.2, 0.25) is 11.8 Å². The second kappa shape index (κ2) is 8.22. The first kappa shape index (κ1) is 18.2. The van der Waals surface area contributed by atoms with Crippen LogP contribution in [0.3, 0.4) is 0 Å². The predicted molar refractivity (Wildman–Crippen MR) is 99.5 cm³/mol. The molecule has 1 aromatic rings. The predicted octanol–water partition coefficient (Wildman–Crippen LogP) is 3.52. The van der Waals surface area contributed by atoms with E-state index in [-0.39, 0.29) is 17.9 Å². The molecule has 2 fully saturated rings. The standard InChI is InChI=1S/C20H27ClN2O2/c1-15-9-12-22(13-10-15)20(25)18-6-3-11-23(18)19(24)8-7-16-4-2-5-17(21)14-16/h2,4-5,14-15,18H,3,6-13H2,1H3. The van der Waals surface area contributed by atoms with Crippen LogP contribution >= 0.6 is 11.6 Å². The van der Waals surface area contributed by atoms with Crippen molar-refractivity contribution in [1.29, 1.82) is 0 Å². The maximum atomic E-state index is 12.9. The fourth-order valence-corrected chi connectivity index (χ4v) is 4.06. The third kappa shape index (κ3) is 4.55. The van der Waals surface area contributed by atoms with Crippen molar-refractivity contribution in [2.45, 2.75) is 51.5 Å². The van der Waals surface area contributed by atoms with Gasteiger partial charge < -0.3 is 9.80 Å². The Kier molecular flexibility index (Phi) is 6.00. The Balaban J connectivity index is 1.57. The Bertz CT molecular complexity index is 626. The molecule has 2 amide bonds. The zero-order valence-electron chi connectivity index (χ0n) is 14.9. The molecule has 0 saturated carbocycles. The van der Waals surface area contributed by atoms with Crippen LogP contribution in [-0.4, -0.2) is 47.3 Å². The highest BCUT2D eigenvalue weighted by molar-refractivity contribution is 6.30. The summed E-state index contributed by atoms with van der Waals surface area (Å²) in [7, 11) is 0. The van der Waals surface area contributed by atoms with Gasteiger partial charge in [0.1, 0.15) is 6.04 Å². The summed E-state index contributed by atoms with van der Waals surface area (Å²) < 4.78 is 0. The van der Waals surface area contributed by atoms with Crippen LogP contribution in [-0.2, 0) is 16.0 Å². The minimum absolute atomic E-state index is 0.0844. The number of carbonyl (C=O) groups is 2. The molecule has 5 heteroatoms. The normalized spacial score (nSPS) is 21.6. The van der Waals surface area contributed by atoms with Crippen LogP contribution < -0.4 is 0 Å². The lowest BCUT2D eigenvalue weighted by Crippen LogP contribution is -2.49. The fraction of sp³-hybridized carbons (Fsp3) is 0.600. The average molecular weight is 363 g/mol. The molecule has 0 aliphatic carbocycles. The van der Waals surface area contributed by atoms with Crippen LogP contribution in [0, 0.1) is 5.92 Å². The highest BCUT2D eigenvalue weighted by Crippen LogP contribution is 2.24. The highest BCUT2D eigenvalue weighted by atomic mass is 35.5. The van der Waals surface area contributed by atoms with E-state index in [0.29, 0.717) is 30.3 Å². The number of nitrogens with zero attached hydrogens (tertiary/aromatic N) is 2. The van der Waals surface area contributed by atoms with Crippen molar-refractivity contribution in [2.75, 3.05) is 19.6 Å². The molecule has 3 rings (SSSR count). The van der Waals surface area contributed by atoms with Crippen molar-refractivity contribution in [3.63, 3.8) is 0 Å². The van der Waals surface area contributed by atoms with Gasteiger partial charge in [-0.3, -0.25) is 9.59 Å². The van der Waals surface area contributed by atoms with E-state index in [1.165, 1.54) is 0 Å². The molecule has 25 heavy (non-hydrogen) atoms. The molecule has 1 unspecified atom stereocenters. The number of hydrogen-bond acceptors (Lipinski definition) is 2. The molecular weight excluding hydrogens is 336 g/mol. The Morgan fingerprint density at radius 1 is 1.16 bits per heavy atom. The fourth-order valence-electron chi connectivity index (χ4n) is 3.85. The number of halogens is 1. The summed E-state index contributed by atoms with van der Waals surface area (Å²) in [5.41, 5.74) is 1.06. The average Bonchev–Trinajstić information content (AvgIpc) is 3.09. The van der Waals surface area contributed by atoms with Crippen molar-refractivity contribution < 1.29 is 9.59 Å². The molecule has 0 bridgehead atoms. The van der Waals surface area contributed by atoms with Crippen molar-refractivity contribution in [1.82, 2.24) is 9.80 Å². The van der Waals surface area contributed by atoms with Gasteiger partial charge in [-0.05, 0) is 55.7 Å². The Morgan fingerprint density at radius 2 is 1.92 bits per heavy atom. The molecular formula is C20H27ClN2O2. The Morgan fingerprint density at radius 3 is 2.64 bits per heavy atom. The van der Waals surface area contributed by atoms with Gasteiger partial charge >= 0.3 is 0 Å². The van der Waals surface area contributed by atoms with Crippen LogP contribution in [0.2, 0.25) is 5.02 Å². The lowest BCUT2D eigenvalue weighted by molar-refractivity contribution is -0.144. The van der Waals surface area contributed by atoms with Gasteiger partial charge in [0.15, 0.2) is 0 Å². The van der Waals surface area contributed by atoms with Gasteiger partial charge in [-0.15, -0.1) is 0 Å². The number of piperidine rings is 1. The maximum absolute atomic E-state index is 12.9. The van der Waals surface area contributed by atoms with Crippen molar-refractivity contribution in [3.8, 4) is 0 Å². The van der Waals surface area contributed by atoms with Crippen molar-refractivity contribution in [3.05, 3.63) is 34.9 Å². The van der Waals surface area contributed by atoms with Gasteiger partial charge in [-0.1, -0.05) is 30.7 Å². The lowest BCUT2D eigenvalue weighted by Gasteiger charge is -2.34. The van der Waals surface area contributed by atoms with E-state index in [1.54, 1.807) is 0 Å². The highest BCUT2D eigenvalue weighted by Gasteiger charge is 2.36. The quantitative estimate of drug-likeness (QED) is 0.822. The van der Waals surface area contributed by atoms with E-state index in [0.717, 1.165) is 44.3 Å². The van der Waals surface area contributed by atoms with Crippen molar-refractivity contribution >= 4 is 23.4 Å². The third-order valence-corrected chi connectivity index (χ3v) is 5.71. The molecule has 1 aromatic carbocycles. The molecule has 136 valence electrons. The van der Waals surface area contributed by atoms with Gasteiger partial charge in [0.25, 0.3) is 0 Å². The van der Waals surface area contributed by atoms with E-state index in [1.807, 2.05) is 34.1 Å². The van der Waals surface area contributed by atoms with Crippen LogP contribution in [0.25, 0.3) is 0 Å². The molecule has 0 N–H and O–H groups in total. The Hall–Kier alpha value is -1.55. The molecule has 2 aliphatic rings. The second-order valence-electron chi connectivity index (χ2n) is 7.38. The largest absolute Gasteiger partial charge is 0.341 e. The van der Waals surface area contributed by atoms with E-state index in [4.69, 9.17) is 11.6 Å². The zero-order chi connectivity index (χ0) is 17.8. The number of likely N-dealkylation sites (tertiary alicyclic amines) is 2. The number of benzene rings is 1. The summed E-state index contributed by atoms with van der Waals surface area (Å²) in [5.74, 6) is 0.935. The number of aryl methyl sites for hydroxylation is 1. The second-order valence-corrected chi connectivity index (χ2v) is 7.82. The molecule has 0 radical (unpaired) electrons. The summed E-state index contributed by atoms with van der Waals surface area (Å²) in [6, 6.07) is 7.38. The number of hydrogen-bond donors (Lipinski definition) is 0. The zero-order valence-corrected chi connectivity index (χ0v) is 15.7. The van der Waals surface area contributed by atoms with Gasteiger partial charge in [-0.25, -0.2) is 0 Å². The summed E-state index contributed by atoms with van der Waals surface area (Å²) in [6.07, 6.45) is 4.96. The van der Waals surface area contributed by atoms with Crippen LogP contribution in [0.1, 0.15) is 44.6 Å². The smallest absolute Gasteiger partial charge is 0.245 e. The SMILES string of the molecule is CC1CCN(C(=O)C2CCCN2C(=O)CCc2cccc(Cl)c2)CC1. The van der Waals surface area contributed by atoms with Gasteiger partial charge in [0, 0.05) is 31.1 Å². The topological polar surface area (TPSA) is 40.6 Å². The monoisotopic (exact) mass is 362 g/mol. The van der Waals surface area contributed by atoms with Crippen LogP contribution in [0.15, 0.2) is 24.3 Å². The van der Waals surface area contributed by atoms with E-state index in [2.05, 4.69) is 6.92 Å². The minimum Gasteiger partial charge on any atom is -0.341 e. The molecule has 2 aliphatic heterocycles. The first-order chi connectivity index (χ1) is 12.0. The number of carbonyl (C=O) groups excluding carboxylic acids is 2. The summed E-state index contributed by atoms with van der Waals surface area (Å²) in [4.78, 5) is 29.3. The summed E-state index contributed by atoms with van der Waals surface area (Å²) >= 11 is 6.00. The summed E-state index contributed by atoms with van der Waals surface area (Å²) in [6.45, 7) is 4.61. The van der Waals surface area contributed by atoms with Crippen molar-refractivity contribution in [2.24, 2.45) is 5.92 Å². The molecule has 4 nitrogen and oxygen atoms in total. The lowest BCUT2D eigenvalue weighted by atomic mass is 9.98. The number of amides is 2. The molecule has 2 saturated heterocycles.